The van der Waals surface area contributed by atoms with Crippen LogP contribution in [0.3, 0.4) is 0 Å². The number of aliphatic hydroxyl groups excluding tert-OH is 2. The Labute approximate surface area is 108 Å². The molecule has 2 rings (SSSR count). The van der Waals surface area contributed by atoms with Crippen LogP contribution >= 0.6 is 0 Å². The molecule has 1 aromatic heterocycles. The minimum atomic E-state index is -0.481. The van der Waals surface area contributed by atoms with Crippen molar-refractivity contribution in [1.29, 1.82) is 0 Å². The van der Waals surface area contributed by atoms with Crippen LogP contribution in [0.15, 0.2) is 18.3 Å². The quantitative estimate of drug-likeness (QED) is 0.854. The number of hydrogen-bond donors (Lipinski definition) is 2. The van der Waals surface area contributed by atoms with Gasteiger partial charge in [0.1, 0.15) is 0 Å². The second-order valence-electron chi connectivity index (χ2n) is 5.07. The van der Waals surface area contributed by atoms with Crippen molar-refractivity contribution < 1.29 is 10.2 Å². The Hall–Kier alpha value is -1.13. The van der Waals surface area contributed by atoms with Crippen LogP contribution in [0.2, 0.25) is 0 Å². The molecule has 100 valence electrons. The van der Waals surface area contributed by atoms with Crippen molar-refractivity contribution in [2.45, 2.75) is 38.8 Å². The molecule has 3 unspecified atom stereocenters. The smallest absolute Gasteiger partial charge is 0.0957 e. The van der Waals surface area contributed by atoms with E-state index in [2.05, 4.69) is 16.8 Å². The molecule has 0 radical (unpaired) electrons. The summed E-state index contributed by atoms with van der Waals surface area (Å²) in [5.41, 5.74) is 1.75. The highest BCUT2D eigenvalue weighted by atomic mass is 16.3. The normalized spacial score (nSPS) is 25.4. The molecule has 1 fully saturated rings. The molecule has 1 saturated heterocycles. The lowest BCUT2D eigenvalue weighted by atomic mass is 10.0. The van der Waals surface area contributed by atoms with E-state index in [-0.39, 0.29) is 12.6 Å². The van der Waals surface area contributed by atoms with E-state index in [1.165, 1.54) is 0 Å². The first-order chi connectivity index (χ1) is 8.67. The Bertz CT molecular complexity index is 380. The highest BCUT2D eigenvalue weighted by Gasteiger charge is 2.30. The van der Waals surface area contributed by atoms with E-state index in [0.29, 0.717) is 18.0 Å². The second kappa shape index (κ2) is 5.67. The summed E-state index contributed by atoms with van der Waals surface area (Å²) >= 11 is 0. The lowest BCUT2D eigenvalue weighted by molar-refractivity contribution is 0.169. The first-order valence-corrected chi connectivity index (χ1v) is 6.68. The number of aromatic nitrogens is 1. The van der Waals surface area contributed by atoms with E-state index in [4.69, 9.17) is 0 Å². The average molecular weight is 250 g/mol. The number of anilines is 1. The fraction of sp³-hybridized carbons (Fsp3) is 0.643. The van der Waals surface area contributed by atoms with Crippen molar-refractivity contribution in [2.24, 2.45) is 5.92 Å². The third-order valence-corrected chi connectivity index (χ3v) is 3.90. The van der Waals surface area contributed by atoms with Gasteiger partial charge in [0.2, 0.25) is 0 Å². The Kier molecular flexibility index (Phi) is 4.19. The van der Waals surface area contributed by atoms with E-state index in [1.54, 1.807) is 6.20 Å². The fourth-order valence-electron chi connectivity index (χ4n) is 2.58. The first kappa shape index (κ1) is 13.3. The highest BCUT2D eigenvalue weighted by Crippen LogP contribution is 2.29. The molecule has 2 heterocycles. The lowest BCUT2D eigenvalue weighted by Crippen LogP contribution is -2.35. The molecule has 0 saturated carbocycles. The molecule has 18 heavy (non-hydrogen) atoms. The van der Waals surface area contributed by atoms with E-state index < -0.39 is 6.10 Å². The predicted octanol–water partition coefficient (Wildman–Crippen LogP) is 1.73. The standard InChI is InChI=1S/C14H22N2O2/c1-3-14(18)12-5-4-11(8-15-12)16-7-6-10(2)13(16)9-17/h4-5,8,10,13-14,17-18H,3,6-7,9H2,1-2H3. The van der Waals surface area contributed by atoms with Crippen LogP contribution in [0.5, 0.6) is 0 Å². The summed E-state index contributed by atoms with van der Waals surface area (Å²) in [5, 5.41) is 19.2. The largest absolute Gasteiger partial charge is 0.394 e. The van der Waals surface area contributed by atoms with Gasteiger partial charge in [-0.15, -0.1) is 0 Å². The Balaban J connectivity index is 2.14. The molecule has 0 aromatic carbocycles. The molecule has 0 amide bonds. The average Bonchev–Trinajstić information content (AvgIpc) is 2.79. The highest BCUT2D eigenvalue weighted by molar-refractivity contribution is 5.47. The SMILES string of the molecule is CCC(O)c1ccc(N2CCC(C)C2CO)cn1. The van der Waals surface area contributed by atoms with Crippen LogP contribution in [0.4, 0.5) is 5.69 Å². The van der Waals surface area contributed by atoms with Crippen molar-refractivity contribution in [1.82, 2.24) is 4.98 Å². The van der Waals surface area contributed by atoms with Gasteiger partial charge in [-0.3, -0.25) is 4.98 Å². The summed E-state index contributed by atoms with van der Waals surface area (Å²) in [4.78, 5) is 6.52. The summed E-state index contributed by atoms with van der Waals surface area (Å²) < 4.78 is 0. The summed E-state index contributed by atoms with van der Waals surface area (Å²) in [6.07, 6.45) is 3.09. The molecular formula is C14H22N2O2. The molecular weight excluding hydrogens is 228 g/mol. The van der Waals surface area contributed by atoms with Gasteiger partial charge in [-0.1, -0.05) is 13.8 Å². The maximum atomic E-state index is 9.71. The number of hydrogen-bond acceptors (Lipinski definition) is 4. The molecule has 4 nitrogen and oxygen atoms in total. The zero-order valence-corrected chi connectivity index (χ0v) is 11.1. The number of rotatable bonds is 4. The summed E-state index contributed by atoms with van der Waals surface area (Å²) in [6.45, 7) is 5.25. The molecule has 4 heteroatoms. The number of nitrogens with zero attached hydrogens (tertiary/aromatic N) is 2. The van der Waals surface area contributed by atoms with Crippen LogP contribution in [0, 0.1) is 5.92 Å². The maximum absolute atomic E-state index is 9.71. The van der Waals surface area contributed by atoms with Gasteiger partial charge in [0, 0.05) is 6.54 Å². The molecule has 0 aliphatic carbocycles. The molecule has 2 N–H and O–H groups in total. The van der Waals surface area contributed by atoms with E-state index in [9.17, 15) is 10.2 Å². The summed E-state index contributed by atoms with van der Waals surface area (Å²) in [5.74, 6) is 0.510. The van der Waals surface area contributed by atoms with E-state index in [1.807, 2.05) is 19.1 Å². The van der Waals surface area contributed by atoms with Crippen molar-refractivity contribution in [2.75, 3.05) is 18.1 Å². The Morgan fingerprint density at radius 1 is 1.50 bits per heavy atom. The third kappa shape index (κ3) is 2.49. The lowest BCUT2D eigenvalue weighted by Gasteiger charge is -2.27. The van der Waals surface area contributed by atoms with Crippen molar-refractivity contribution >= 4 is 5.69 Å². The van der Waals surface area contributed by atoms with Crippen LogP contribution in [0.25, 0.3) is 0 Å². The van der Waals surface area contributed by atoms with Crippen LogP contribution < -0.4 is 4.90 Å². The minimum absolute atomic E-state index is 0.181. The molecule has 1 aliphatic rings. The Morgan fingerprint density at radius 2 is 2.28 bits per heavy atom. The van der Waals surface area contributed by atoms with Gasteiger partial charge in [-0.2, -0.15) is 0 Å². The zero-order valence-electron chi connectivity index (χ0n) is 11.1. The van der Waals surface area contributed by atoms with Gasteiger partial charge in [-0.25, -0.2) is 0 Å². The van der Waals surface area contributed by atoms with Crippen LogP contribution in [-0.2, 0) is 0 Å². The van der Waals surface area contributed by atoms with E-state index in [0.717, 1.165) is 18.7 Å². The van der Waals surface area contributed by atoms with Crippen molar-refractivity contribution in [3.8, 4) is 0 Å². The van der Waals surface area contributed by atoms with Crippen LogP contribution in [-0.4, -0.2) is 34.4 Å². The van der Waals surface area contributed by atoms with Crippen LogP contribution in [0.1, 0.15) is 38.5 Å². The monoisotopic (exact) mass is 250 g/mol. The fourth-order valence-corrected chi connectivity index (χ4v) is 2.58. The Morgan fingerprint density at radius 3 is 2.83 bits per heavy atom. The molecule has 0 spiro atoms. The van der Waals surface area contributed by atoms with Gasteiger partial charge in [0.05, 0.1) is 36.3 Å². The maximum Gasteiger partial charge on any atom is 0.0957 e. The topological polar surface area (TPSA) is 56.6 Å². The van der Waals surface area contributed by atoms with Crippen molar-refractivity contribution in [3.05, 3.63) is 24.0 Å². The van der Waals surface area contributed by atoms with Gasteiger partial charge >= 0.3 is 0 Å². The molecule has 3 atom stereocenters. The number of pyridine rings is 1. The third-order valence-electron chi connectivity index (χ3n) is 3.90. The molecule has 1 aromatic rings. The van der Waals surface area contributed by atoms with Gasteiger partial charge in [0.15, 0.2) is 0 Å². The molecule has 0 bridgehead atoms. The predicted molar refractivity (Wildman–Crippen MR) is 71.5 cm³/mol. The summed E-state index contributed by atoms with van der Waals surface area (Å²) in [6, 6.07) is 4.05. The van der Waals surface area contributed by atoms with Gasteiger partial charge < -0.3 is 15.1 Å². The van der Waals surface area contributed by atoms with Crippen molar-refractivity contribution in [3.63, 3.8) is 0 Å². The van der Waals surface area contributed by atoms with E-state index >= 15 is 0 Å². The van der Waals surface area contributed by atoms with Gasteiger partial charge in [-0.05, 0) is 30.9 Å². The molecule has 1 aliphatic heterocycles. The minimum Gasteiger partial charge on any atom is -0.394 e. The number of aliphatic hydroxyl groups is 2. The zero-order chi connectivity index (χ0) is 13.1. The first-order valence-electron chi connectivity index (χ1n) is 6.68. The summed E-state index contributed by atoms with van der Waals surface area (Å²) in [7, 11) is 0. The van der Waals surface area contributed by atoms with Gasteiger partial charge in [0.25, 0.3) is 0 Å². The second-order valence-corrected chi connectivity index (χ2v) is 5.07.